The molecule has 1 aromatic carbocycles. The van der Waals surface area contributed by atoms with Crippen LogP contribution in [-0.4, -0.2) is 79.0 Å². The van der Waals surface area contributed by atoms with Gasteiger partial charge < -0.3 is 25.1 Å². The summed E-state index contributed by atoms with van der Waals surface area (Å²) in [6, 6.07) is 7.98. The highest BCUT2D eigenvalue weighted by molar-refractivity contribution is 8.18. The quantitative estimate of drug-likeness (QED) is 0.396. The predicted octanol–water partition coefficient (Wildman–Crippen LogP) is 5.68. The maximum absolute atomic E-state index is 14.7. The number of allylic oxidation sites excluding steroid dienone is 1. The third-order valence-electron chi connectivity index (χ3n) is 10.1. The van der Waals surface area contributed by atoms with Gasteiger partial charge in [-0.05, 0) is 81.0 Å². The normalized spacial score (nSPS) is 28.7. The van der Waals surface area contributed by atoms with Crippen LogP contribution >= 0.6 is 35.0 Å². The molecule has 2 amide bonds. The van der Waals surface area contributed by atoms with E-state index in [1.807, 2.05) is 35.8 Å². The van der Waals surface area contributed by atoms with Gasteiger partial charge in [0.2, 0.25) is 5.91 Å². The van der Waals surface area contributed by atoms with Crippen molar-refractivity contribution in [3.05, 3.63) is 68.4 Å². The molecular formula is C33H38Cl2N6O3S. The number of aromatic hydroxyl groups is 1. The van der Waals surface area contributed by atoms with Gasteiger partial charge >= 0.3 is 0 Å². The number of nitrogens with zero attached hydrogens (tertiary/aromatic N) is 5. The molecule has 4 aliphatic heterocycles. The Morgan fingerprint density at radius 3 is 2.60 bits per heavy atom. The molecule has 12 heteroatoms. The summed E-state index contributed by atoms with van der Waals surface area (Å²) in [4.78, 5) is 44.8. The number of piperazine rings is 1. The molecular weight excluding hydrogens is 631 g/mol. The van der Waals surface area contributed by atoms with Crippen LogP contribution in [0.1, 0.15) is 70.5 Å². The minimum atomic E-state index is -0.810. The molecule has 1 aliphatic carbocycles. The molecule has 0 bridgehead atoms. The second kappa shape index (κ2) is 11.2. The first-order chi connectivity index (χ1) is 21.4. The van der Waals surface area contributed by atoms with Crippen molar-refractivity contribution in [2.45, 2.75) is 82.6 Å². The van der Waals surface area contributed by atoms with Crippen LogP contribution in [0.3, 0.4) is 0 Å². The highest BCUT2D eigenvalue weighted by Crippen LogP contribution is 2.57. The van der Waals surface area contributed by atoms with E-state index in [-0.39, 0.29) is 40.1 Å². The fourth-order valence-electron chi connectivity index (χ4n) is 7.53. The Hall–Kier alpha value is -2.79. The summed E-state index contributed by atoms with van der Waals surface area (Å²) >= 11 is 13.8. The van der Waals surface area contributed by atoms with Crippen LogP contribution in [0, 0.1) is 5.92 Å². The van der Waals surface area contributed by atoms with E-state index in [1.165, 1.54) is 11.8 Å². The van der Waals surface area contributed by atoms with E-state index in [1.54, 1.807) is 24.4 Å². The number of aliphatic imine (C=N–C) groups is 1. The first-order valence-corrected chi connectivity index (χ1v) is 17.3. The topological polar surface area (TPSA) is 101 Å². The zero-order valence-corrected chi connectivity index (χ0v) is 28.2. The number of rotatable bonds is 5. The number of aromatic nitrogens is 1. The summed E-state index contributed by atoms with van der Waals surface area (Å²) in [6.45, 7) is 10.4. The Kier molecular flexibility index (Phi) is 7.66. The maximum atomic E-state index is 14.7. The molecule has 238 valence electrons. The number of amides is 2. The fraction of sp³-hybridized carbons (Fsp3) is 0.515. The summed E-state index contributed by atoms with van der Waals surface area (Å²) in [5, 5.41) is 15.6. The monoisotopic (exact) mass is 668 g/mol. The van der Waals surface area contributed by atoms with Crippen molar-refractivity contribution in [1.82, 2.24) is 25.0 Å². The Labute approximate surface area is 278 Å². The number of fused-ring (bicyclic) bond motifs is 1. The highest BCUT2D eigenvalue weighted by atomic mass is 35.5. The lowest BCUT2D eigenvalue weighted by molar-refractivity contribution is -0.144. The fourth-order valence-corrected chi connectivity index (χ4v) is 9.11. The number of thioether (sulfide) groups is 1. The van der Waals surface area contributed by atoms with Crippen molar-refractivity contribution in [2.24, 2.45) is 10.9 Å². The van der Waals surface area contributed by atoms with Gasteiger partial charge in [0.15, 0.2) is 5.17 Å². The Morgan fingerprint density at radius 2 is 1.93 bits per heavy atom. The SMILES string of the molecule is CC(C)C1=C(C(=O)N2[C@H](C)CC[C@H]2C(=O)N2CCNC3(CC3)C2)SC2=N[C@@](C)(c3ccc(Cl)nc3)[C@@H](c3ccc(Cl)c(O)c3)N21. The first-order valence-electron chi connectivity index (χ1n) is 15.7. The molecule has 3 fully saturated rings. The zero-order valence-electron chi connectivity index (χ0n) is 25.9. The molecule has 1 saturated carbocycles. The molecule has 9 nitrogen and oxygen atoms in total. The number of amidine groups is 1. The number of nitrogens with one attached hydrogen (secondary N) is 1. The van der Waals surface area contributed by atoms with E-state index in [2.05, 4.69) is 29.0 Å². The summed E-state index contributed by atoms with van der Waals surface area (Å²) in [5.74, 6) is -0.114. The van der Waals surface area contributed by atoms with Gasteiger partial charge in [-0.2, -0.15) is 0 Å². The molecule has 0 radical (unpaired) electrons. The second-order valence-corrected chi connectivity index (χ2v) is 15.3. The van der Waals surface area contributed by atoms with Crippen molar-refractivity contribution < 1.29 is 14.7 Å². The van der Waals surface area contributed by atoms with Gasteiger partial charge in [-0.25, -0.2) is 9.98 Å². The van der Waals surface area contributed by atoms with Crippen LogP contribution in [0.4, 0.5) is 0 Å². The number of halogens is 2. The van der Waals surface area contributed by atoms with Gasteiger partial charge in [0.1, 0.15) is 27.4 Å². The zero-order chi connectivity index (χ0) is 31.8. The molecule has 5 aliphatic rings. The minimum absolute atomic E-state index is 0.0226. The summed E-state index contributed by atoms with van der Waals surface area (Å²) in [6.07, 6.45) is 5.37. The van der Waals surface area contributed by atoms with E-state index in [9.17, 15) is 14.7 Å². The molecule has 5 heterocycles. The Morgan fingerprint density at radius 1 is 1.16 bits per heavy atom. The summed E-state index contributed by atoms with van der Waals surface area (Å²) in [5.41, 5.74) is 1.78. The molecule has 0 unspecified atom stereocenters. The Balaban J connectivity index is 1.27. The van der Waals surface area contributed by atoms with E-state index in [4.69, 9.17) is 28.2 Å². The van der Waals surface area contributed by atoms with Crippen molar-refractivity contribution in [2.75, 3.05) is 19.6 Å². The van der Waals surface area contributed by atoms with Crippen molar-refractivity contribution >= 4 is 51.9 Å². The first kappa shape index (κ1) is 30.8. The van der Waals surface area contributed by atoms with Crippen LogP contribution in [-0.2, 0) is 15.1 Å². The lowest BCUT2D eigenvalue weighted by Gasteiger charge is -2.38. The summed E-state index contributed by atoms with van der Waals surface area (Å²) < 4.78 is 0. The number of phenols is 1. The molecule has 2 saturated heterocycles. The smallest absolute Gasteiger partial charge is 0.263 e. The molecule has 2 aromatic rings. The van der Waals surface area contributed by atoms with Crippen LogP contribution in [0.25, 0.3) is 0 Å². The molecule has 2 N–H and O–H groups in total. The third-order valence-corrected chi connectivity index (χ3v) is 11.7. The largest absolute Gasteiger partial charge is 0.506 e. The Bertz CT molecular complexity index is 1630. The molecule has 1 aromatic heterocycles. The standard InChI is InChI=1S/C33H38Cl2N6O3S/c1-18(2)26-27(30(44)40-19(3)5-9-23(40)29(43)39-14-13-37-33(17-39)11-12-33)45-31-38-32(4,21-7-10-25(35)36-16-21)28(41(26)31)20-6-8-22(34)24(42)15-20/h6-8,10,15-16,18-19,23,28,37,42H,5,9,11-14,17H2,1-4H3/t19-,23+,28-,32+/m1/s1. The number of likely N-dealkylation sites (tertiary alicyclic amines) is 1. The number of carbonyl (C=O) groups excluding carboxylic acids is 2. The van der Waals surface area contributed by atoms with E-state index in [0.717, 1.165) is 42.6 Å². The van der Waals surface area contributed by atoms with E-state index >= 15 is 0 Å². The van der Waals surface area contributed by atoms with Gasteiger partial charge in [-0.15, -0.1) is 0 Å². The lowest BCUT2D eigenvalue weighted by atomic mass is 9.81. The highest BCUT2D eigenvalue weighted by Gasteiger charge is 2.55. The van der Waals surface area contributed by atoms with Crippen LogP contribution < -0.4 is 5.32 Å². The van der Waals surface area contributed by atoms with Crippen LogP contribution in [0.5, 0.6) is 5.75 Å². The van der Waals surface area contributed by atoms with Gasteiger partial charge in [-0.1, -0.05) is 49.2 Å². The predicted molar refractivity (Wildman–Crippen MR) is 177 cm³/mol. The third kappa shape index (κ3) is 5.12. The van der Waals surface area contributed by atoms with E-state index < -0.39 is 17.6 Å². The average molecular weight is 670 g/mol. The van der Waals surface area contributed by atoms with Gasteiger partial charge in [0.05, 0.1) is 11.1 Å². The lowest BCUT2D eigenvalue weighted by Crippen LogP contribution is -2.58. The van der Waals surface area contributed by atoms with Crippen LogP contribution in [0.2, 0.25) is 10.2 Å². The van der Waals surface area contributed by atoms with Gasteiger partial charge in [-0.3, -0.25) is 9.59 Å². The van der Waals surface area contributed by atoms with Crippen molar-refractivity contribution in [1.29, 1.82) is 0 Å². The van der Waals surface area contributed by atoms with Crippen molar-refractivity contribution in [3.63, 3.8) is 0 Å². The minimum Gasteiger partial charge on any atom is -0.506 e. The number of carbonyl (C=O) groups is 2. The number of benzene rings is 1. The number of hydrogen-bond acceptors (Lipinski definition) is 8. The number of phenolic OH excluding ortho intramolecular Hbond substituents is 1. The molecule has 4 atom stereocenters. The molecule has 1 spiro atoms. The van der Waals surface area contributed by atoms with Crippen LogP contribution in [0.15, 0.2) is 52.1 Å². The second-order valence-electron chi connectivity index (χ2n) is 13.5. The number of pyridine rings is 1. The van der Waals surface area contributed by atoms with Crippen molar-refractivity contribution in [3.8, 4) is 5.75 Å². The van der Waals surface area contributed by atoms with Gasteiger partial charge in [0.25, 0.3) is 5.91 Å². The average Bonchev–Trinajstić information content (AvgIpc) is 3.33. The van der Waals surface area contributed by atoms with E-state index in [0.29, 0.717) is 34.7 Å². The van der Waals surface area contributed by atoms with Gasteiger partial charge in [0, 0.05) is 48.7 Å². The molecule has 7 rings (SSSR count). The number of hydrogen-bond donors (Lipinski definition) is 2. The molecule has 45 heavy (non-hydrogen) atoms. The summed E-state index contributed by atoms with van der Waals surface area (Å²) in [7, 11) is 0. The maximum Gasteiger partial charge on any atom is 0.263 e.